The molecule has 35 heavy (non-hydrogen) atoms. The van der Waals surface area contributed by atoms with Gasteiger partial charge in [-0.25, -0.2) is 4.79 Å². The van der Waals surface area contributed by atoms with Crippen molar-refractivity contribution in [2.75, 3.05) is 5.75 Å². The van der Waals surface area contributed by atoms with Crippen molar-refractivity contribution >= 4 is 42.2 Å². The van der Waals surface area contributed by atoms with Crippen molar-refractivity contribution in [2.24, 2.45) is 17.4 Å². The van der Waals surface area contributed by atoms with Gasteiger partial charge >= 0.3 is 5.97 Å². The monoisotopic (exact) mass is 511 g/mol. The summed E-state index contributed by atoms with van der Waals surface area (Å²) >= 11 is 3.90. The number of hydrogen-bond donors (Lipinski definition) is 8. The molecule has 0 bridgehead atoms. The van der Waals surface area contributed by atoms with E-state index in [0.29, 0.717) is 5.56 Å². The molecule has 4 unspecified atom stereocenters. The van der Waals surface area contributed by atoms with Crippen LogP contribution in [0.15, 0.2) is 24.3 Å². The molecule has 0 radical (unpaired) electrons. The Morgan fingerprint density at radius 2 is 1.51 bits per heavy atom. The van der Waals surface area contributed by atoms with Crippen molar-refractivity contribution in [3.05, 3.63) is 29.8 Å². The van der Waals surface area contributed by atoms with Crippen LogP contribution >= 0.6 is 12.6 Å². The number of primary amides is 1. The summed E-state index contributed by atoms with van der Waals surface area (Å²) in [6.07, 6.45) is -0.238. The number of carbonyl (C=O) groups excluding carboxylic acids is 4. The summed E-state index contributed by atoms with van der Waals surface area (Å²) in [6.45, 7) is 3.29. The van der Waals surface area contributed by atoms with Gasteiger partial charge in [0.2, 0.25) is 23.6 Å². The predicted molar refractivity (Wildman–Crippen MR) is 130 cm³/mol. The molecular formula is C22H33N5O7S. The van der Waals surface area contributed by atoms with Gasteiger partial charge in [-0.05, 0) is 36.5 Å². The van der Waals surface area contributed by atoms with Gasteiger partial charge in [-0.15, -0.1) is 0 Å². The molecule has 0 spiro atoms. The standard InChI is InChI=1S/C22H33N5O7S/c1-11(2)18(21(32)26-16(10-35)22(33)34)27-20(31)15(7-8-17(24)29)25-19(30)14(23)9-12-3-5-13(28)6-4-12/h3-6,11,14-16,18,28,35H,7-10,23H2,1-2H3,(H2,24,29)(H,25,30)(H,26,32)(H,27,31)(H,33,34). The fourth-order valence-corrected chi connectivity index (χ4v) is 3.30. The fraction of sp³-hybridized carbons (Fsp3) is 0.500. The SMILES string of the molecule is CC(C)C(NC(=O)C(CCC(N)=O)NC(=O)C(N)Cc1ccc(O)cc1)C(=O)NC(CS)C(=O)O. The number of nitrogens with one attached hydrogen (secondary N) is 3. The number of aromatic hydroxyl groups is 1. The summed E-state index contributed by atoms with van der Waals surface area (Å²) < 4.78 is 0. The number of phenols is 1. The molecule has 0 saturated carbocycles. The van der Waals surface area contributed by atoms with Crippen molar-refractivity contribution in [3.63, 3.8) is 0 Å². The number of carboxylic acids is 1. The molecule has 13 heteroatoms. The fourth-order valence-electron chi connectivity index (χ4n) is 3.05. The highest BCUT2D eigenvalue weighted by Gasteiger charge is 2.31. The van der Waals surface area contributed by atoms with Gasteiger partial charge in [0.25, 0.3) is 0 Å². The second-order valence-corrected chi connectivity index (χ2v) is 8.72. The molecule has 9 N–H and O–H groups in total. The van der Waals surface area contributed by atoms with Gasteiger partial charge < -0.3 is 37.6 Å². The van der Waals surface area contributed by atoms with E-state index >= 15 is 0 Å². The normalized spacial score (nSPS) is 14.3. The number of carbonyl (C=O) groups is 5. The molecule has 12 nitrogen and oxygen atoms in total. The van der Waals surface area contributed by atoms with Gasteiger partial charge in [-0.1, -0.05) is 26.0 Å². The lowest BCUT2D eigenvalue weighted by Gasteiger charge is -2.26. The van der Waals surface area contributed by atoms with Crippen molar-refractivity contribution in [3.8, 4) is 5.75 Å². The first-order chi connectivity index (χ1) is 16.3. The largest absolute Gasteiger partial charge is 0.508 e. The van der Waals surface area contributed by atoms with E-state index in [1.54, 1.807) is 26.0 Å². The number of benzene rings is 1. The van der Waals surface area contributed by atoms with Crippen LogP contribution in [0, 0.1) is 5.92 Å². The number of rotatable bonds is 14. The molecule has 4 atom stereocenters. The van der Waals surface area contributed by atoms with Crippen LogP contribution in [-0.4, -0.2) is 69.7 Å². The lowest BCUT2D eigenvalue weighted by molar-refractivity contribution is -0.142. The van der Waals surface area contributed by atoms with E-state index in [2.05, 4.69) is 28.6 Å². The van der Waals surface area contributed by atoms with E-state index in [-0.39, 0.29) is 30.8 Å². The molecule has 0 aliphatic carbocycles. The highest BCUT2D eigenvalue weighted by atomic mass is 32.1. The second kappa shape index (κ2) is 14.2. The van der Waals surface area contributed by atoms with E-state index in [1.165, 1.54) is 12.1 Å². The summed E-state index contributed by atoms with van der Waals surface area (Å²) in [5.74, 6) is -4.68. The summed E-state index contributed by atoms with van der Waals surface area (Å²) in [5.41, 5.74) is 11.8. The number of phenolic OH excluding ortho intramolecular Hbond substituents is 1. The van der Waals surface area contributed by atoms with Crippen LogP contribution in [0.25, 0.3) is 0 Å². The maximum atomic E-state index is 13.0. The number of hydrogen-bond acceptors (Lipinski definition) is 8. The van der Waals surface area contributed by atoms with Gasteiger partial charge in [-0.2, -0.15) is 12.6 Å². The Morgan fingerprint density at radius 3 is 2.00 bits per heavy atom. The first kappa shape index (κ1) is 29.7. The van der Waals surface area contributed by atoms with E-state index < -0.39 is 59.7 Å². The molecular weight excluding hydrogens is 478 g/mol. The molecule has 1 aromatic carbocycles. The topological polar surface area (TPSA) is 214 Å². The van der Waals surface area contributed by atoms with E-state index in [9.17, 15) is 29.1 Å². The van der Waals surface area contributed by atoms with Crippen LogP contribution in [0.5, 0.6) is 5.75 Å². The second-order valence-electron chi connectivity index (χ2n) is 8.36. The summed E-state index contributed by atoms with van der Waals surface area (Å²) in [5, 5.41) is 25.8. The third-order valence-electron chi connectivity index (χ3n) is 5.09. The zero-order chi connectivity index (χ0) is 26.7. The average molecular weight is 512 g/mol. The quantitative estimate of drug-likeness (QED) is 0.139. The lowest BCUT2D eigenvalue weighted by Crippen LogP contribution is -2.58. The molecule has 0 aliphatic rings. The Bertz CT molecular complexity index is 910. The molecule has 4 amide bonds. The first-order valence-electron chi connectivity index (χ1n) is 10.9. The summed E-state index contributed by atoms with van der Waals surface area (Å²) in [7, 11) is 0. The number of nitrogens with two attached hydrogens (primary N) is 2. The van der Waals surface area contributed by atoms with Crippen LogP contribution in [0.2, 0.25) is 0 Å². The Hall–Kier alpha value is -3.32. The van der Waals surface area contributed by atoms with Crippen molar-refractivity contribution in [1.29, 1.82) is 0 Å². The molecule has 0 aromatic heterocycles. The minimum Gasteiger partial charge on any atom is -0.508 e. The maximum Gasteiger partial charge on any atom is 0.327 e. The van der Waals surface area contributed by atoms with Gasteiger partial charge in [0, 0.05) is 12.2 Å². The molecule has 1 aromatic rings. The third kappa shape index (κ3) is 10.2. The molecule has 0 saturated heterocycles. The number of aliphatic carboxylic acids is 1. The van der Waals surface area contributed by atoms with Crippen molar-refractivity contribution in [2.45, 2.75) is 57.3 Å². The number of thiol groups is 1. The Labute approximate surface area is 208 Å². The zero-order valence-corrected chi connectivity index (χ0v) is 20.5. The Morgan fingerprint density at radius 1 is 0.943 bits per heavy atom. The van der Waals surface area contributed by atoms with Crippen LogP contribution < -0.4 is 27.4 Å². The summed E-state index contributed by atoms with van der Waals surface area (Å²) in [4.78, 5) is 60.7. The van der Waals surface area contributed by atoms with E-state index in [4.69, 9.17) is 16.6 Å². The van der Waals surface area contributed by atoms with Crippen LogP contribution in [0.3, 0.4) is 0 Å². The summed E-state index contributed by atoms with van der Waals surface area (Å²) in [6, 6.07) is 1.44. The van der Waals surface area contributed by atoms with Crippen LogP contribution in [0.1, 0.15) is 32.3 Å². The van der Waals surface area contributed by atoms with Gasteiger partial charge in [0.1, 0.15) is 23.9 Å². The lowest BCUT2D eigenvalue weighted by atomic mass is 10.0. The minimum absolute atomic E-state index is 0.0581. The van der Waals surface area contributed by atoms with Crippen LogP contribution in [-0.2, 0) is 30.4 Å². The molecule has 1 rings (SSSR count). The van der Waals surface area contributed by atoms with E-state index in [1.807, 2.05) is 0 Å². The highest BCUT2D eigenvalue weighted by Crippen LogP contribution is 2.11. The highest BCUT2D eigenvalue weighted by molar-refractivity contribution is 7.80. The van der Waals surface area contributed by atoms with Gasteiger partial charge in [0.15, 0.2) is 0 Å². The number of carboxylic acid groups (broad SMARTS) is 1. The van der Waals surface area contributed by atoms with Crippen LogP contribution in [0.4, 0.5) is 0 Å². The zero-order valence-electron chi connectivity index (χ0n) is 19.6. The molecule has 0 fully saturated rings. The Balaban J connectivity index is 2.94. The van der Waals surface area contributed by atoms with Gasteiger partial charge in [0.05, 0.1) is 6.04 Å². The molecule has 0 heterocycles. The maximum absolute atomic E-state index is 13.0. The minimum atomic E-state index is -1.28. The number of amides is 4. The third-order valence-corrected chi connectivity index (χ3v) is 5.45. The van der Waals surface area contributed by atoms with E-state index in [0.717, 1.165) is 0 Å². The van der Waals surface area contributed by atoms with Crippen molar-refractivity contribution in [1.82, 2.24) is 16.0 Å². The predicted octanol–water partition coefficient (Wildman–Crippen LogP) is -1.35. The molecule has 0 aliphatic heterocycles. The first-order valence-corrected chi connectivity index (χ1v) is 11.6. The smallest absolute Gasteiger partial charge is 0.327 e. The van der Waals surface area contributed by atoms with Crippen molar-refractivity contribution < 1.29 is 34.2 Å². The average Bonchev–Trinajstić information content (AvgIpc) is 2.78. The molecule has 194 valence electrons. The Kier molecular flexibility index (Phi) is 12.0. The van der Waals surface area contributed by atoms with Gasteiger partial charge in [-0.3, -0.25) is 19.2 Å².